The number of ether oxygens (including phenoxy) is 2. The first-order valence-corrected chi connectivity index (χ1v) is 11.8. The fraction of sp³-hybridized carbons (Fsp3) is 0.308. The molecule has 2 aromatic heterocycles. The van der Waals surface area contributed by atoms with Gasteiger partial charge in [-0.2, -0.15) is 0 Å². The third-order valence-electron chi connectivity index (χ3n) is 5.52. The third-order valence-corrected chi connectivity index (χ3v) is 6.43. The number of nitrogens with zero attached hydrogens (tertiary/aromatic N) is 1. The number of amides is 1. The number of pyridine rings is 1. The summed E-state index contributed by atoms with van der Waals surface area (Å²) >= 11 is 1.41. The topological polar surface area (TPSA) is 71.6 Å². The van der Waals surface area contributed by atoms with Gasteiger partial charge < -0.3 is 14.5 Å². The van der Waals surface area contributed by atoms with Gasteiger partial charge in [0.25, 0.3) is 5.56 Å². The lowest BCUT2D eigenvalue weighted by molar-refractivity contribution is -0.0300. The number of benzene rings is 2. The van der Waals surface area contributed by atoms with Crippen molar-refractivity contribution in [2.75, 3.05) is 13.7 Å². The van der Waals surface area contributed by atoms with Crippen molar-refractivity contribution >= 4 is 38.4 Å². The van der Waals surface area contributed by atoms with Crippen LogP contribution in [-0.2, 0) is 11.2 Å². The summed E-state index contributed by atoms with van der Waals surface area (Å²) in [5.74, 6) is 0.706. The molecule has 178 valence electrons. The number of fused-ring (bicyclic) bond motifs is 3. The van der Waals surface area contributed by atoms with Crippen LogP contribution in [0.4, 0.5) is 9.28 Å². The Bertz CT molecular complexity index is 1420. The molecule has 0 radical (unpaired) electrons. The normalized spacial score (nSPS) is 11.7. The van der Waals surface area contributed by atoms with Gasteiger partial charge >= 0.3 is 6.09 Å². The second kappa shape index (κ2) is 9.10. The van der Waals surface area contributed by atoms with Gasteiger partial charge in [0, 0.05) is 16.3 Å². The maximum atomic E-state index is 14.1. The van der Waals surface area contributed by atoms with Crippen molar-refractivity contribution in [3.05, 3.63) is 63.3 Å². The molecule has 0 aliphatic carbocycles. The number of aryl methyl sites for hydroxylation is 1. The van der Waals surface area contributed by atoms with E-state index in [1.807, 2.05) is 48.7 Å². The van der Waals surface area contributed by atoms with Gasteiger partial charge in [0.2, 0.25) is 0 Å². The number of carbonyl (C=O) groups excluding carboxylic acids is 1. The molecule has 4 aromatic rings. The first-order valence-electron chi connectivity index (χ1n) is 11.0. The number of hydrogen-bond acceptors (Lipinski definition) is 5. The van der Waals surface area contributed by atoms with Crippen molar-refractivity contribution in [1.29, 1.82) is 0 Å². The first kappa shape index (κ1) is 23.8. The molecular weight excluding hydrogens is 455 g/mol. The second-order valence-electron chi connectivity index (χ2n) is 9.15. The smallest absolute Gasteiger partial charge is 0.438 e. The van der Waals surface area contributed by atoms with E-state index in [1.165, 1.54) is 11.3 Å². The summed E-state index contributed by atoms with van der Waals surface area (Å²) in [5.41, 5.74) is 3.51. The van der Waals surface area contributed by atoms with Crippen molar-refractivity contribution in [3.63, 3.8) is 0 Å². The van der Waals surface area contributed by atoms with Gasteiger partial charge in [-0.25, -0.2) is 4.79 Å². The summed E-state index contributed by atoms with van der Waals surface area (Å²) in [4.78, 5) is 27.4. The van der Waals surface area contributed by atoms with Gasteiger partial charge in [0.15, 0.2) is 0 Å². The molecule has 0 unspecified atom stereocenters. The average molecular weight is 483 g/mol. The van der Waals surface area contributed by atoms with E-state index in [0.29, 0.717) is 16.9 Å². The van der Waals surface area contributed by atoms with Crippen molar-refractivity contribution in [3.8, 4) is 16.9 Å². The van der Waals surface area contributed by atoms with E-state index in [4.69, 9.17) is 9.47 Å². The number of methoxy groups -OCH3 is 1. The minimum absolute atomic E-state index is 0.0965. The van der Waals surface area contributed by atoms with Crippen LogP contribution < -0.4 is 10.3 Å². The Labute approximate surface area is 200 Å². The summed E-state index contributed by atoms with van der Waals surface area (Å²) in [6.07, 6.45) is -0.655. The molecule has 8 heteroatoms. The van der Waals surface area contributed by atoms with Gasteiger partial charge in [-0.3, -0.25) is 4.79 Å². The molecule has 1 N–H and O–H groups in total. The SMILES string of the molecule is COc1cc(C)c2[nH]c(=O)c3sccc3c2c1-c1ccc(CCN(F)C(=O)OC(C)(C)C)cc1. The average Bonchev–Trinajstić information content (AvgIpc) is 3.28. The van der Waals surface area contributed by atoms with Crippen LogP contribution in [0.2, 0.25) is 0 Å². The number of rotatable bonds is 5. The van der Waals surface area contributed by atoms with E-state index < -0.39 is 11.7 Å². The highest BCUT2D eigenvalue weighted by molar-refractivity contribution is 7.17. The van der Waals surface area contributed by atoms with Crippen molar-refractivity contribution in [1.82, 2.24) is 10.1 Å². The Morgan fingerprint density at radius 1 is 1.18 bits per heavy atom. The van der Waals surface area contributed by atoms with Crippen LogP contribution in [0.3, 0.4) is 0 Å². The van der Waals surface area contributed by atoms with E-state index in [-0.39, 0.29) is 17.2 Å². The monoisotopic (exact) mass is 482 g/mol. The minimum atomic E-state index is -0.992. The summed E-state index contributed by atoms with van der Waals surface area (Å²) in [6.45, 7) is 6.92. The molecule has 0 aliphatic heterocycles. The first-order chi connectivity index (χ1) is 16.1. The van der Waals surface area contributed by atoms with E-state index >= 15 is 0 Å². The van der Waals surface area contributed by atoms with Crippen LogP contribution in [0, 0.1) is 6.92 Å². The fourth-order valence-corrected chi connectivity index (χ4v) is 4.78. The maximum Gasteiger partial charge on any atom is 0.438 e. The molecule has 0 bridgehead atoms. The molecule has 1 amide bonds. The Morgan fingerprint density at radius 3 is 2.53 bits per heavy atom. The van der Waals surface area contributed by atoms with Crippen LogP contribution in [0.1, 0.15) is 31.9 Å². The Hall–Kier alpha value is -3.39. The number of thiophene rings is 1. The van der Waals surface area contributed by atoms with Gasteiger partial charge in [0.05, 0.1) is 19.2 Å². The summed E-state index contributed by atoms with van der Waals surface area (Å²) in [6, 6.07) is 11.6. The predicted molar refractivity (Wildman–Crippen MR) is 134 cm³/mol. The molecule has 2 heterocycles. The largest absolute Gasteiger partial charge is 0.496 e. The zero-order valence-electron chi connectivity index (χ0n) is 19.8. The standard InChI is InChI=1S/C26H27FN2O4S/c1-15-14-19(32-5)20(21-18-11-13-34-23(18)24(30)28-22(15)21)17-8-6-16(7-9-17)10-12-29(27)25(31)33-26(2,3)4/h6-9,11,13-14H,10,12H2,1-5H3,(H,28,30). The van der Waals surface area contributed by atoms with Gasteiger partial charge in [0.1, 0.15) is 16.1 Å². The molecule has 2 aromatic carbocycles. The number of aromatic amines is 1. The summed E-state index contributed by atoms with van der Waals surface area (Å²) in [7, 11) is 1.63. The highest BCUT2D eigenvalue weighted by atomic mass is 32.1. The molecule has 34 heavy (non-hydrogen) atoms. The number of H-pyrrole nitrogens is 1. The molecule has 4 rings (SSSR count). The fourth-order valence-electron chi connectivity index (χ4n) is 3.98. The lowest BCUT2D eigenvalue weighted by atomic mass is 9.94. The van der Waals surface area contributed by atoms with E-state index in [1.54, 1.807) is 27.9 Å². The minimum Gasteiger partial charge on any atom is -0.496 e. The van der Waals surface area contributed by atoms with Crippen molar-refractivity contribution in [2.24, 2.45) is 0 Å². The number of hydrogen-bond donors (Lipinski definition) is 1. The Balaban J connectivity index is 1.68. The maximum absolute atomic E-state index is 14.1. The lowest BCUT2D eigenvalue weighted by Gasteiger charge is -2.22. The van der Waals surface area contributed by atoms with Gasteiger partial charge in [-0.15, -0.1) is 16.5 Å². The number of nitrogens with one attached hydrogen (secondary N) is 1. The highest BCUT2D eigenvalue weighted by Gasteiger charge is 2.22. The zero-order valence-corrected chi connectivity index (χ0v) is 20.6. The molecule has 0 atom stereocenters. The molecule has 0 spiro atoms. The van der Waals surface area contributed by atoms with Crippen LogP contribution in [0.5, 0.6) is 5.75 Å². The van der Waals surface area contributed by atoms with E-state index in [0.717, 1.165) is 38.5 Å². The van der Waals surface area contributed by atoms with Crippen LogP contribution in [-0.4, -0.2) is 35.5 Å². The Morgan fingerprint density at radius 2 is 1.88 bits per heavy atom. The molecular formula is C26H27FN2O4S. The molecule has 6 nitrogen and oxygen atoms in total. The molecule has 0 saturated carbocycles. The zero-order chi connectivity index (χ0) is 24.6. The number of aromatic nitrogens is 1. The summed E-state index contributed by atoms with van der Waals surface area (Å²) in [5, 5.41) is 3.82. The van der Waals surface area contributed by atoms with Gasteiger partial charge in [-0.05, 0) is 68.3 Å². The Kier molecular flexibility index (Phi) is 6.36. The van der Waals surface area contributed by atoms with Crippen LogP contribution in [0.15, 0.2) is 46.6 Å². The quantitative estimate of drug-likeness (QED) is 0.335. The van der Waals surface area contributed by atoms with E-state index in [2.05, 4.69) is 4.98 Å². The summed E-state index contributed by atoms with van der Waals surface area (Å²) < 4.78 is 25.6. The van der Waals surface area contributed by atoms with E-state index in [9.17, 15) is 14.1 Å². The number of halogens is 1. The van der Waals surface area contributed by atoms with Crippen LogP contribution >= 0.6 is 11.3 Å². The number of carbonyl (C=O) groups is 1. The highest BCUT2D eigenvalue weighted by Crippen LogP contribution is 2.41. The van der Waals surface area contributed by atoms with Crippen LogP contribution in [0.25, 0.3) is 32.1 Å². The molecule has 0 aliphatic rings. The predicted octanol–water partition coefficient (Wildman–Crippen LogP) is 6.39. The third kappa shape index (κ3) is 4.63. The molecule has 0 saturated heterocycles. The second-order valence-corrected chi connectivity index (χ2v) is 10.1. The van der Waals surface area contributed by atoms with Crippen molar-refractivity contribution < 1.29 is 18.7 Å². The van der Waals surface area contributed by atoms with Gasteiger partial charge in [-0.1, -0.05) is 28.7 Å². The van der Waals surface area contributed by atoms with Crippen molar-refractivity contribution in [2.45, 2.75) is 39.7 Å². The lowest BCUT2D eigenvalue weighted by Crippen LogP contribution is -2.32. The molecule has 0 fully saturated rings.